The van der Waals surface area contributed by atoms with Crippen molar-refractivity contribution in [3.8, 4) is 0 Å². The average molecular weight is 248 g/mol. The van der Waals surface area contributed by atoms with Crippen molar-refractivity contribution in [3.63, 3.8) is 0 Å². The molecule has 2 heteroatoms. The Balaban J connectivity index is 2.56. The SMILES string of the molecule is CCCN(CCCN)Cc1ccc(C(C)C)cc1. The number of nitrogens with two attached hydrogens (primary N) is 1. The van der Waals surface area contributed by atoms with Gasteiger partial charge >= 0.3 is 0 Å². The van der Waals surface area contributed by atoms with E-state index in [1.165, 1.54) is 17.5 Å². The van der Waals surface area contributed by atoms with Crippen LogP contribution in [0.5, 0.6) is 0 Å². The normalized spacial score (nSPS) is 11.4. The maximum atomic E-state index is 5.59. The number of benzene rings is 1. The van der Waals surface area contributed by atoms with Gasteiger partial charge in [0.15, 0.2) is 0 Å². The van der Waals surface area contributed by atoms with Crippen LogP contribution >= 0.6 is 0 Å². The van der Waals surface area contributed by atoms with Crippen molar-refractivity contribution in [3.05, 3.63) is 35.4 Å². The molecule has 1 rings (SSSR count). The third-order valence-corrected chi connectivity index (χ3v) is 3.27. The smallest absolute Gasteiger partial charge is 0.0233 e. The van der Waals surface area contributed by atoms with Gasteiger partial charge in [-0.2, -0.15) is 0 Å². The second kappa shape index (κ2) is 8.28. The van der Waals surface area contributed by atoms with Crippen molar-refractivity contribution in [2.75, 3.05) is 19.6 Å². The lowest BCUT2D eigenvalue weighted by Crippen LogP contribution is -2.26. The fourth-order valence-electron chi connectivity index (χ4n) is 2.17. The second-order valence-electron chi connectivity index (χ2n) is 5.31. The van der Waals surface area contributed by atoms with E-state index < -0.39 is 0 Å². The molecular weight excluding hydrogens is 220 g/mol. The number of nitrogens with zero attached hydrogens (tertiary/aromatic N) is 1. The van der Waals surface area contributed by atoms with E-state index in [2.05, 4.69) is 49.9 Å². The molecule has 102 valence electrons. The molecule has 0 aliphatic heterocycles. The summed E-state index contributed by atoms with van der Waals surface area (Å²) >= 11 is 0. The minimum absolute atomic E-state index is 0.614. The van der Waals surface area contributed by atoms with Gasteiger partial charge in [-0.15, -0.1) is 0 Å². The average Bonchev–Trinajstić information content (AvgIpc) is 2.37. The van der Waals surface area contributed by atoms with E-state index in [0.717, 1.165) is 32.6 Å². The van der Waals surface area contributed by atoms with Gasteiger partial charge in [0.25, 0.3) is 0 Å². The monoisotopic (exact) mass is 248 g/mol. The molecule has 0 radical (unpaired) electrons. The highest BCUT2D eigenvalue weighted by Gasteiger charge is 2.05. The van der Waals surface area contributed by atoms with Crippen LogP contribution < -0.4 is 5.73 Å². The van der Waals surface area contributed by atoms with Crippen molar-refractivity contribution in [2.24, 2.45) is 5.73 Å². The Hall–Kier alpha value is -0.860. The molecule has 0 aliphatic rings. The van der Waals surface area contributed by atoms with Crippen molar-refractivity contribution in [1.29, 1.82) is 0 Å². The fourth-order valence-corrected chi connectivity index (χ4v) is 2.17. The van der Waals surface area contributed by atoms with Crippen molar-refractivity contribution in [1.82, 2.24) is 4.90 Å². The van der Waals surface area contributed by atoms with Gasteiger partial charge in [0.1, 0.15) is 0 Å². The first kappa shape index (κ1) is 15.2. The summed E-state index contributed by atoms with van der Waals surface area (Å²) in [5.41, 5.74) is 8.42. The molecular formula is C16H28N2. The highest BCUT2D eigenvalue weighted by molar-refractivity contribution is 5.24. The van der Waals surface area contributed by atoms with Crippen LogP contribution in [0, 0.1) is 0 Å². The Bertz CT molecular complexity index is 316. The molecule has 0 unspecified atom stereocenters. The predicted octanol–water partition coefficient (Wildman–Crippen LogP) is 3.37. The van der Waals surface area contributed by atoms with Gasteiger partial charge in [0.2, 0.25) is 0 Å². The van der Waals surface area contributed by atoms with Crippen molar-refractivity contribution in [2.45, 2.75) is 46.1 Å². The fraction of sp³-hybridized carbons (Fsp3) is 0.625. The van der Waals surface area contributed by atoms with E-state index in [4.69, 9.17) is 5.73 Å². The summed E-state index contributed by atoms with van der Waals surface area (Å²) in [6.07, 6.45) is 2.29. The Morgan fingerprint density at radius 1 is 1.11 bits per heavy atom. The molecule has 0 aromatic heterocycles. The lowest BCUT2D eigenvalue weighted by molar-refractivity contribution is 0.264. The van der Waals surface area contributed by atoms with Gasteiger partial charge in [-0.1, -0.05) is 45.0 Å². The minimum atomic E-state index is 0.614. The third-order valence-electron chi connectivity index (χ3n) is 3.27. The van der Waals surface area contributed by atoms with Crippen LogP contribution in [-0.4, -0.2) is 24.5 Å². The van der Waals surface area contributed by atoms with Crippen LogP contribution in [0.15, 0.2) is 24.3 Å². The Kier molecular flexibility index (Phi) is 6.99. The highest BCUT2D eigenvalue weighted by atomic mass is 15.1. The first-order valence-corrected chi connectivity index (χ1v) is 7.18. The molecule has 1 aromatic rings. The molecule has 0 heterocycles. The van der Waals surface area contributed by atoms with E-state index in [9.17, 15) is 0 Å². The van der Waals surface area contributed by atoms with Gasteiger partial charge in [-0.3, -0.25) is 4.90 Å². The van der Waals surface area contributed by atoms with Crippen LogP contribution in [0.3, 0.4) is 0 Å². The second-order valence-corrected chi connectivity index (χ2v) is 5.31. The molecule has 0 amide bonds. The molecule has 0 aliphatic carbocycles. The summed E-state index contributed by atoms with van der Waals surface area (Å²) in [6.45, 7) is 10.8. The highest BCUT2D eigenvalue weighted by Crippen LogP contribution is 2.15. The Labute approximate surface area is 112 Å². The first-order chi connectivity index (χ1) is 8.67. The summed E-state index contributed by atoms with van der Waals surface area (Å²) in [7, 11) is 0. The van der Waals surface area contributed by atoms with E-state index in [1.54, 1.807) is 0 Å². The molecule has 2 nitrogen and oxygen atoms in total. The molecule has 1 aromatic carbocycles. The number of hydrogen-bond acceptors (Lipinski definition) is 2. The molecule has 0 saturated carbocycles. The van der Waals surface area contributed by atoms with E-state index in [1.807, 2.05) is 0 Å². The number of rotatable bonds is 8. The zero-order chi connectivity index (χ0) is 13.4. The third kappa shape index (κ3) is 5.19. The topological polar surface area (TPSA) is 29.3 Å². The summed E-state index contributed by atoms with van der Waals surface area (Å²) in [5.74, 6) is 0.614. The largest absolute Gasteiger partial charge is 0.330 e. The van der Waals surface area contributed by atoms with Gasteiger partial charge in [0.05, 0.1) is 0 Å². The summed E-state index contributed by atoms with van der Waals surface area (Å²) in [5, 5.41) is 0. The number of hydrogen-bond donors (Lipinski definition) is 1. The van der Waals surface area contributed by atoms with Gasteiger partial charge in [-0.25, -0.2) is 0 Å². The van der Waals surface area contributed by atoms with Crippen molar-refractivity contribution >= 4 is 0 Å². The predicted molar refractivity (Wildman–Crippen MR) is 79.8 cm³/mol. The van der Waals surface area contributed by atoms with Crippen LogP contribution in [0.1, 0.15) is 50.7 Å². The zero-order valence-corrected chi connectivity index (χ0v) is 12.2. The molecule has 0 spiro atoms. The van der Waals surface area contributed by atoms with Crippen LogP contribution in [0.2, 0.25) is 0 Å². The van der Waals surface area contributed by atoms with Gasteiger partial charge in [0, 0.05) is 6.54 Å². The van der Waals surface area contributed by atoms with E-state index in [0.29, 0.717) is 5.92 Å². The van der Waals surface area contributed by atoms with Gasteiger partial charge in [-0.05, 0) is 49.5 Å². The standard InChI is InChI=1S/C16H28N2/c1-4-11-18(12-5-10-17)13-15-6-8-16(9-7-15)14(2)3/h6-9,14H,4-5,10-13,17H2,1-3H3. The summed E-state index contributed by atoms with van der Waals surface area (Å²) in [6, 6.07) is 9.04. The first-order valence-electron chi connectivity index (χ1n) is 7.18. The van der Waals surface area contributed by atoms with E-state index >= 15 is 0 Å². The molecule has 0 atom stereocenters. The Morgan fingerprint density at radius 2 is 1.78 bits per heavy atom. The molecule has 2 N–H and O–H groups in total. The van der Waals surface area contributed by atoms with Crippen LogP contribution in [0.25, 0.3) is 0 Å². The van der Waals surface area contributed by atoms with E-state index in [-0.39, 0.29) is 0 Å². The maximum Gasteiger partial charge on any atom is 0.0233 e. The molecule has 0 bridgehead atoms. The zero-order valence-electron chi connectivity index (χ0n) is 12.2. The van der Waals surface area contributed by atoms with Crippen LogP contribution in [0.4, 0.5) is 0 Å². The molecule has 0 fully saturated rings. The molecule has 0 saturated heterocycles. The Morgan fingerprint density at radius 3 is 2.28 bits per heavy atom. The molecule has 18 heavy (non-hydrogen) atoms. The van der Waals surface area contributed by atoms with Crippen molar-refractivity contribution < 1.29 is 0 Å². The lowest BCUT2D eigenvalue weighted by atomic mass is 10.0. The van der Waals surface area contributed by atoms with Gasteiger partial charge < -0.3 is 5.73 Å². The summed E-state index contributed by atoms with van der Waals surface area (Å²) < 4.78 is 0. The van der Waals surface area contributed by atoms with Crippen LogP contribution in [-0.2, 0) is 6.54 Å². The lowest BCUT2D eigenvalue weighted by Gasteiger charge is -2.21. The quantitative estimate of drug-likeness (QED) is 0.764. The maximum absolute atomic E-state index is 5.59. The summed E-state index contributed by atoms with van der Waals surface area (Å²) in [4.78, 5) is 2.50. The minimum Gasteiger partial charge on any atom is -0.330 e.